The monoisotopic (exact) mass is 346 g/mol. The zero-order valence-electron chi connectivity index (χ0n) is 14.5. The normalized spacial score (nSPS) is 11.5. The standard InChI is InChI=1S/C19H18N6O/c1-3-26-16-11-7-4-8-13(16)12-20-23-19-21-18-17(22-24-19)14-9-5-6-10-15(14)25(18)2/h4-12H,3H2,1-2H3,(H,21,23,24)/b20-12+. The molecule has 4 rings (SSSR count). The fourth-order valence-electron chi connectivity index (χ4n) is 2.89. The van der Waals surface area contributed by atoms with E-state index in [0.29, 0.717) is 12.6 Å². The molecular formula is C19H18N6O. The van der Waals surface area contributed by atoms with Gasteiger partial charge in [0.1, 0.15) is 11.3 Å². The molecule has 0 saturated heterocycles. The summed E-state index contributed by atoms with van der Waals surface area (Å²) >= 11 is 0. The number of hydrazone groups is 1. The van der Waals surface area contributed by atoms with Crippen LogP contribution in [0.2, 0.25) is 0 Å². The van der Waals surface area contributed by atoms with Crippen LogP contribution in [0, 0.1) is 0 Å². The highest BCUT2D eigenvalue weighted by molar-refractivity contribution is 6.04. The van der Waals surface area contributed by atoms with E-state index in [4.69, 9.17) is 4.74 Å². The molecule has 0 fully saturated rings. The van der Waals surface area contributed by atoms with Gasteiger partial charge in [0.05, 0.1) is 18.3 Å². The zero-order chi connectivity index (χ0) is 17.9. The Morgan fingerprint density at radius 1 is 1.12 bits per heavy atom. The van der Waals surface area contributed by atoms with Crippen LogP contribution in [0.5, 0.6) is 5.75 Å². The fourth-order valence-corrected chi connectivity index (χ4v) is 2.89. The number of nitrogens with zero attached hydrogens (tertiary/aromatic N) is 5. The highest BCUT2D eigenvalue weighted by atomic mass is 16.5. The summed E-state index contributed by atoms with van der Waals surface area (Å²) in [4.78, 5) is 4.54. The number of hydrogen-bond acceptors (Lipinski definition) is 6. The van der Waals surface area contributed by atoms with Crippen LogP contribution in [0.1, 0.15) is 12.5 Å². The lowest BCUT2D eigenvalue weighted by atomic mass is 10.2. The van der Waals surface area contributed by atoms with Crippen molar-refractivity contribution in [2.75, 3.05) is 12.0 Å². The molecule has 0 bridgehead atoms. The first-order valence-electron chi connectivity index (χ1n) is 8.36. The topological polar surface area (TPSA) is 77.2 Å². The smallest absolute Gasteiger partial charge is 0.265 e. The molecule has 0 saturated carbocycles. The van der Waals surface area contributed by atoms with E-state index >= 15 is 0 Å². The van der Waals surface area contributed by atoms with Crippen LogP contribution < -0.4 is 10.2 Å². The molecule has 0 aliphatic carbocycles. The lowest BCUT2D eigenvalue weighted by molar-refractivity contribution is 0.340. The molecule has 0 aliphatic rings. The molecule has 0 spiro atoms. The second-order valence-electron chi connectivity index (χ2n) is 5.72. The maximum atomic E-state index is 5.58. The average Bonchev–Trinajstić information content (AvgIpc) is 2.96. The minimum atomic E-state index is 0.341. The predicted molar refractivity (Wildman–Crippen MR) is 103 cm³/mol. The van der Waals surface area contributed by atoms with Crippen LogP contribution in [-0.4, -0.2) is 32.6 Å². The van der Waals surface area contributed by atoms with E-state index in [0.717, 1.165) is 33.4 Å². The summed E-state index contributed by atoms with van der Waals surface area (Å²) in [5.74, 6) is 1.12. The highest BCUT2D eigenvalue weighted by Gasteiger charge is 2.11. The van der Waals surface area contributed by atoms with E-state index in [9.17, 15) is 0 Å². The minimum Gasteiger partial charge on any atom is -0.493 e. The van der Waals surface area contributed by atoms with Crippen molar-refractivity contribution >= 4 is 34.2 Å². The summed E-state index contributed by atoms with van der Waals surface area (Å²) in [6.45, 7) is 2.55. The Bertz CT molecular complexity index is 1100. The predicted octanol–water partition coefficient (Wildman–Crippen LogP) is 3.36. The van der Waals surface area contributed by atoms with Gasteiger partial charge < -0.3 is 9.30 Å². The minimum absolute atomic E-state index is 0.341. The molecule has 2 heterocycles. The van der Waals surface area contributed by atoms with Gasteiger partial charge in [-0.25, -0.2) is 5.43 Å². The average molecular weight is 346 g/mol. The molecule has 1 N–H and O–H groups in total. The van der Waals surface area contributed by atoms with E-state index in [1.165, 1.54) is 0 Å². The lowest BCUT2D eigenvalue weighted by Gasteiger charge is -2.05. The first kappa shape index (κ1) is 16.0. The van der Waals surface area contributed by atoms with E-state index < -0.39 is 0 Å². The number of aromatic nitrogens is 4. The Morgan fingerprint density at radius 3 is 2.81 bits per heavy atom. The number of hydrogen-bond donors (Lipinski definition) is 1. The van der Waals surface area contributed by atoms with Crippen LogP contribution in [0.25, 0.3) is 22.1 Å². The Balaban J connectivity index is 1.62. The SMILES string of the molecule is CCOc1ccccc1/C=N/Nc1nnc2c3ccccc3n(C)c2n1. The van der Waals surface area contributed by atoms with Crippen LogP contribution in [0.4, 0.5) is 5.95 Å². The number of anilines is 1. The maximum absolute atomic E-state index is 5.58. The van der Waals surface area contributed by atoms with Crippen LogP contribution >= 0.6 is 0 Å². The quantitative estimate of drug-likeness (QED) is 0.443. The number of fused-ring (bicyclic) bond motifs is 3. The van der Waals surface area contributed by atoms with Crippen molar-refractivity contribution in [2.24, 2.45) is 12.1 Å². The van der Waals surface area contributed by atoms with E-state index in [1.807, 2.05) is 67.1 Å². The second-order valence-corrected chi connectivity index (χ2v) is 5.72. The molecule has 0 amide bonds. The zero-order valence-corrected chi connectivity index (χ0v) is 14.5. The third-order valence-electron chi connectivity index (χ3n) is 4.09. The van der Waals surface area contributed by atoms with Crippen molar-refractivity contribution in [1.29, 1.82) is 0 Å². The lowest BCUT2D eigenvalue weighted by Crippen LogP contribution is -2.01. The molecule has 0 radical (unpaired) electrons. The number of ether oxygens (including phenoxy) is 1. The number of benzene rings is 2. The molecule has 0 atom stereocenters. The molecule has 130 valence electrons. The summed E-state index contributed by atoms with van der Waals surface area (Å²) in [5, 5.41) is 13.7. The molecule has 7 heteroatoms. The van der Waals surface area contributed by atoms with Crippen LogP contribution in [0.15, 0.2) is 53.6 Å². The largest absolute Gasteiger partial charge is 0.493 e. The number of para-hydroxylation sites is 2. The van der Waals surface area contributed by atoms with Crippen molar-refractivity contribution in [3.63, 3.8) is 0 Å². The Kier molecular flexibility index (Phi) is 4.18. The van der Waals surface area contributed by atoms with Gasteiger partial charge in [-0.1, -0.05) is 30.3 Å². The summed E-state index contributed by atoms with van der Waals surface area (Å²) in [6, 6.07) is 15.7. The number of aryl methyl sites for hydroxylation is 1. The summed E-state index contributed by atoms with van der Waals surface area (Å²) in [7, 11) is 1.96. The van der Waals surface area contributed by atoms with Gasteiger partial charge in [-0.3, -0.25) is 0 Å². The first-order chi connectivity index (χ1) is 12.8. The molecular weight excluding hydrogens is 328 g/mol. The molecule has 7 nitrogen and oxygen atoms in total. The second kappa shape index (κ2) is 6.79. The summed E-state index contributed by atoms with van der Waals surface area (Å²) in [6.07, 6.45) is 1.68. The third-order valence-corrected chi connectivity index (χ3v) is 4.09. The van der Waals surface area contributed by atoms with Gasteiger partial charge >= 0.3 is 0 Å². The molecule has 2 aromatic heterocycles. The number of rotatable bonds is 5. The van der Waals surface area contributed by atoms with Crippen molar-refractivity contribution in [3.8, 4) is 5.75 Å². The van der Waals surface area contributed by atoms with E-state index in [2.05, 4.69) is 25.7 Å². The molecule has 4 aromatic rings. The molecule has 26 heavy (non-hydrogen) atoms. The molecule has 2 aromatic carbocycles. The summed E-state index contributed by atoms with van der Waals surface area (Å²) < 4.78 is 7.58. The molecule has 0 aliphatic heterocycles. The molecule has 0 unspecified atom stereocenters. The Morgan fingerprint density at radius 2 is 1.92 bits per heavy atom. The Hall–Kier alpha value is -3.48. The van der Waals surface area contributed by atoms with Crippen molar-refractivity contribution in [1.82, 2.24) is 19.7 Å². The van der Waals surface area contributed by atoms with Crippen molar-refractivity contribution in [2.45, 2.75) is 6.92 Å². The van der Waals surface area contributed by atoms with Gasteiger partial charge in [0.2, 0.25) is 0 Å². The van der Waals surface area contributed by atoms with Crippen molar-refractivity contribution < 1.29 is 4.74 Å². The van der Waals surface area contributed by atoms with E-state index in [-0.39, 0.29) is 0 Å². The van der Waals surface area contributed by atoms with Gasteiger partial charge in [-0.05, 0) is 25.1 Å². The Labute approximate surface area is 150 Å². The highest BCUT2D eigenvalue weighted by Crippen LogP contribution is 2.24. The first-order valence-corrected chi connectivity index (χ1v) is 8.36. The van der Waals surface area contributed by atoms with Gasteiger partial charge in [0.25, 0.3) is 5.95 Å². The third kappa shape index (κ3) is 2.83. The van der Waals surface area contributed by atoms with E-state index in [1.54, 1.807) is 6.21 Å². The summed E-state index contributed by atoms with van der Waals surface area (Å²) in [5.41, 5.74) is 6.32. The number of nitrogens with one attached hydrogen (secondary N) is 1. The van der Waals surface area contributed by atoms with Gasteiger partial charge in [-0.15, -0.1) is 10.2 Å². The van der Waals surface area contributed by atoms with Gasteiger partial charge in [0, 0.05) is 18.0 Å². The van der Waals surface area contributed by atoms with Crippen LogP contribution in [-0.2, 0) is 7.05 Å². The van der Waals surface area contributed by atoms with Crippen LogP contribution in [0.3, 0.4) is 0 Å². The maximum Gasteiger partial charge on any atom is 0.265 e. The van der Waals surface area contributed by atoms with Gasteiger partial charge in [0.15, 0.2) is 5.65 Å². The fraction of sp³-hybridized carbons (Fsp3) is 0.158. The van der Waals surface area contributed by atoms with Crippen molar-refractivity contribution in [3.05, 3.63) is 54.1 Å². The van der Waals surface area contributed by atoms with Gasteiger partial charge in [-0.2, -0.15) is 10.1 Å².